The van der Waals surface area contributed by atoms with Gasteiger partial charge in [-0.05, 0) is 18.4 Å². The number of benzene rings is 1. The van der Waals surface area contributed by atoms with E-state index in [2.05, 4.69) is 34.2 Å². The van der Waals surface area contributed by atoms with Gasteiger partial charge in [0, 0.05) is 18.0 Å². The maximum absolute atomic E-state index is 5.75. The quantitative estimate of drug-likeness (QED) is 0.775. The average molecular weight is 245 g/mol. The van der Waals surface area contributed by atoms with Crippen LogP contribution in [0.3, 0.4) is 0 Å². The summed E-state index contributed by atoms with van der Waals surface area (Å²) in [5, 5.41) is 0. The summed E-state index contributed by atoms with van der Waals surface area (Å²) in [6, 6.07) is 10.5. The topological polar surface area (TPSA) is 25.8 Å². The Morgan fingerprint density at radius 1 is 1.06 bits per heavy atom. The zero-order chi connectivity index (χ0) is 11.7. The minimum atomic E-state index is 0.0616. The van der Waals surface area contributed by atoms with E-state index in [-0.39, 0.29) is 5.41 Å². The third-order valence-corrected chi connectivity index (χ3v) is 3.67. The fourth-order valence-electron chi connectivity index (χ4n) is 2.19. The van der Waals surface area contributed by atoms with Crippen LogP contribution in [-0.2, 0) is 11.3 Å². The highest BCUT2D eigenvalue weighted by atomic mass is 35.5. The second-order valence-electron chi connectivity index (χ2n) is 4.50. The van der Waals surface area contributed by atoms with Crippen molar-refractivity contribution in [1.82, 2.24) is 9.97 Å². The molecule has 0 saturated heterocycles. The first-order valence-electron chi connectivity index (χ1n) is 5.78. The molecule has 0 aliphatic heterocycles. The summed E-state index contributed by atoms with van der Waals surface area (Å²) in [5.41, 5.74) is 2.35. The minimum absolute atomic E-state index is 0.0616. The Labute approximate surface area is 106 Å². The highest BCUT2D eigenvalue weighted by Crippen LogP contribution is 2.51. The molecule has 0 bridgehead atoms. The monoisotopic (exact) mass is 244 g/mol. The van der Waals surface area contributed by atoms with Crippen molar-refractivity contribution in [3.8, 4) is 0 Å². The molecule has 0 atom stereocenters. The van der Waals surface area contributed by atoms with Crippen molar-refractivity contribution < 1.29 is 0 Å². The number of halogens is 1. The molecule has 1 aromatic heterocycles. The lowest BCUT2D eigenvalue weighted by molar-refractivity contribution is 0.751. The summed E-state index contributed by atoms with van der Waals surface area (Å²) >= 11 is 5.75. The Morgan fingerprint density at radius 2 is 1.71 bits per heavy atom. The van der Waals surface area contributed by atoms with Gasteiger partial charge in [-0.15, -0.1) is 11.6 Å². The van der Waals surface area contributed by atoms with E-state index in [9.17, 15) is 0 Å². The van der Waals surface area contributed by atoms with Gasteiger partial charge < -0.3 is 0 Å². The van der Waals surface area contributed by atoms with Crippen molar-refractivity contribution in [3.63, 3.8) is 0 Å². The highest BCUT2D eigenvalue weighted by Gasteiger charge is 2.48. The Kier molecular flexibility index (Phi) is 2.60. The van der Waals surface area contributed by atoms with Gasteiger partial charge in [-0.2, -0.15) is 0 Å². The zero-order valence-electron chi connectivity index (χ0n) is 9.44. The summed E-state index contributed by atoms with van der Waals surface area (Å²) in [4.78, 5) is 8.93. The highest BCUT2D eigenvalue weighted by molar-refractivity contribution is 6.17. The molecule has 0 unspecified atom stereocenters. The third-order valence-electron chi connectivity index (χ3n) is 3.36. The van der Waals surface area contributed by atoms with Crippen molar-refractivity contribution in [2.45, 2.75) is 24.1 Å². The summed E-state index contributed by atoms with van der Waals surface area (Å²) in [6.07, 6.45) is 5.94. The van der Waals surface area contributed by atoms with E-state index in [1.165, 1.54) is 5.56 Å². The van der Waals surface area contributed by atoms with E-state index in [4.69, 9.17) is 11.6 Å². The van der Waals surface area contributed by atoms with Gasteiger partial charge in [-0.1, -0.05) is 30.3 Å². The zero-order valence-corrected chi connectivity index (χ0v) is 10.2. The SMILES string of the molecule is ClCc1cnc(C2(c3ccccc3)CC2)nc1. The van der Waals surface area contributed by atoms with Crippen LogP contribution >= 0.6 is 11.6 Å². The van der Waals surface area contributed by atoms with Crippen LogP contribution in [0.2, 0.25) is 0 Å². The van der Waals surface area contributed by atoms with Crippen LogP contribution in [0.25, 0.3) is 0 Å². The molecular weight excluding hydrogens is 232 g/mol. The second kappa shape index (κ2) is 4.11. The van der Waals surface area contributed by atoms with Gasteiger partial charge in [0.1, 0.15) is 5.82 Å². The average Bonchev–Trinajstić information content (AvgIpc) is 3.21. The molecule has 1 aliphatic carbocycles. The van der Waals surface area contributed by atoms with Gasteiger partial charge >= 0.3 is 0 Å². The molecular formula is C14H13ClN2. The Morgan fingerprint density at radius 3 is 2.24 bits per heavy atom. The van der Waals surface area contributed by atoms with Crippen molar-refractivity contribution in [2.75, 3.05) is 0 Å². The van der Waals surface area contributed by atoms with Crippen LogP contribution in [0.15, 0.2) is 42.7 Å². The van der Waals surface area contributed by atoms with Gasteiger partial charge in [0.25, 0.3) is 0 Å². The predicted octanol–water partition coefficient (Wildman–Crippen LogP) is 3.30. The minimum Gasteiger partial charge on any atom is -0.240 e. The number of hydrogen-bond donors (Lipinski definition) is 0. The molecule has 2 nitrogen and oxygen atoms in total. The molecule has 1 aromatic carbocycles. The fraction of sp³-hybridized carbons (Fsp3) is 0.286. The molecule has 3 rings (SSSR count). The number of alkyl halides is 1. The molecule has 0 spiro atoms. The third kappa shape index (κ3) is 1.83. The fourth-order valence-corrected chi connectivity index (χ4v) is 2.33. The molecule has 0 amide bonds. The number of rotatable bonds is 3. The van der Waals surface area contributed by atoms with E-state index in [0.29, 0.717) is 5.88 Å². The molecule has 0 radical (unpaired) electrons. The first-order valence-corrected chi connectivity index (χ1v) is 6.31. The largest absolute Gasteiger partial charge is 0.240 e. The molecule has 1 aliphatic rings. The van der Waals surface area contributed by atoms with Crippen LogP contribution in [0.4, 0.5) is 0 Å². The predicted molar refractivity (Wildman–Crippen MR) is 68.0 cm³/mol. The van der Waals surface area contributed by atoms with Crippen LogP contribution in [-0.4, -0.2) is 9.97 Å². The number of nitrogens with zero attached hydrogens (tertiary/aromatic N) is 2. The molecule has 0 N–H and O–H groups in total. The van der Waals surface area contributed by atoms with Crippen molar-refractivity contribution in [3.05, 3.63) is 59.7 Å². The smallest absolute Gasteiger partial charge is 0.138 e. The number of aromatic nitrogens is 2. The van der Waals surface area contributed by atoms with Crippen molar-refractivity contribution in [2.24, 2.45) is 0 Å². The van der Waals surface area contributed by atoms with Crippen molar-refractivity contribution in [1.29, 1.82) is 0 Å². The molecule has 1 heterocycles. The Bertz CT molecular complexity index is 504. The number of hydrogen-bond acceptors (Lipinski definition) is 2. The molecule has 86 valence electrons. The Balaban J connectivity index is 1.98. The lowest BCUT2D eigenvalue weighted by Gasteiger charge is -2.13. The second-order valence-corrected chi connectivity index (χ2v) is 4.76. The first kappa shape index (κ1) is 10.7. The van der Waals surface area contributed by atoms with E-state index in [1.54, 1.807) is 0 Å². The molecule has 3 heteroatoms. The van der Waals surface area contributed by atoms with Crippen molar-refractivity contribution >= 4 is 11.6 Å². The van der Waals surface area contributed by atoms with Crippen LogP contribution in [0.1, 0.15) is 29.8 Å². The standard InChI is InChI=1S/C14H13ClN2/c15-8-11-9-16-13(17-10-11)14(6-7-14)12-4-2-1-3-5-12/h1-5,9-10H,6-8H2. The molecule has 1 fully saturated rings. The lowest BCUT2D eigenvalue weighted by atomic mass is 9.95. The van der Waals surface area contributed by atoms with Gasteiger partial charge in [-0.25, -0.2) is 9.97 Å². The summed E-state index contributed by atoms with van der Waals surface area (Å²) < 4.78 is 0. The van der Waals surface area contributed by atoms with Crippen LogP contribution in [0.5, 0.6) is 0 Å². The lowest BCUT2D eigenvalue weighted by Crippen LogP contribution is -2.13. The molecule has 1 saturated carbocycles. The maximum atomic E-state index is 5.75. The first-order chi connectivity index (χ1) is 8.35. The molecule has 2 aromatic rings. The maximum Gasteiger partial charge on any atom is 0.138 e. The summed E-state index contributed by atoms with van der Waals surface area (Å²) in [7, 11) is 0. The van der Waals surface area contributed by atoms with Gasteiger partial charge in [0.2, 0.25) is 0 Å². The van der Waals surface area contributed by atoms with E-state index >= 15 is 0 Å². The van der Waals surface area contributed by atoms with Crippen LogP contribution < -0.4 is 0 Å². The van der Waals surface area contributed by atoms with E-state index in [1.807, 2.05) is 18.5 Å². The molecule has 17 heavy (non-hydrogen) atoms. The van der Waals surface area contributed by atoms with E-state index < -0.39 is 0 Å². The van der Waals surface area contributed by atoms with Crippen LogP contribution in [0, 0.1) is 0 Å². The van der Waals surface area contributed by atoms with E-state index in [0.717, 1.165) is 24.2 Å². The van der Waals surface area contributed by atoms with Gasteiger partial charge in [0.05, 0.1) is 11.3 Å². The summed E-state index contributed by atoms with van der Waals surface area (Å²) in [5.74, 6) is 1.40. The van der Waals surface area contributed by atoms with Gasteiger partial charge in [-0.3, -0.25) is 0 Å². The normalized spacial score (nSPS) is 16.8. The van der Waals surface area contributed by atoms with Gasteiger partial charge in [0.15, 0.2) is 0 Å². The summed E-state index contributed by atoms with van der Waals surface area (Å²) in [6.45, 7) is 0. The Hall–Kier alpha value is -1.41.